The van der Waals surface area contributed by atoms with E-state index in [1.807, 2.05) is 66.4 Å². The Bertz CT molecular complexity index is 1200. The second-order valence-corrected chi connectivity index (χ2v) is 8.94. The number of ether oxygens (including phenoxy) is 3. The Morgan fingerprint density at radius 1 is 1.03 bits per heavy atom. The van der Waals surface area contributed by atoms with E-state index in [0.717, 1.165) is 17.7 Å². The lowest BCUT2D eigenvalue weighted by Gasteiger charge is -2.39. The molecule has 0 spiro atoms. The van der Waals surface area contributed by atoms with Gasteiger partial charge in [-0.25, -0.2) is 14.7 Å². The molecule has 0 bridgehead atoms. The number of fused-ring (bicyclic) bond motifs is 1. The van der Waals surface area contributed by atoms with Crippen LogP contribution in [-0.4, -0.2) is 42.7 Å². The first kappa shape index (κ1) is 22.8. The van der Waals surface area contributed by atoms with Crippen LogP contribution in [0.4, 0.5) is 11.4 Å². The molecule has 1 saturated heterocycles. The van der Waals surface area contributed by atoms with Crippen molar-refractivity contribution in [2.75, 3.05) is 23.6 Å². The van der Waals surface area contributed by atoms with Crippen molar-refractivity contribution in [3.63, 3.8) is 0 Å². The van der Waals surface area contributed by atoms with E-state index in [1.165, 1.54) is 26.0 Å². The van der Waals surface area contributed by atoms with E-state index in [9.17, 15) is 9.59 Å². The Labute approximate surface area is 203 Å². The molecule has 182 valence electrons. The Kier molecular flexibility index (Phi) is 5.64. The zero-order chi connectivity index (χ0) is 24.7. The molecule has 3 aliphatic heterocycles. The molecule has 3 aliphatic rings. The quantitative estimate of drug-likeness (QED) is 0.364. The van der Waals surface area contributed by atoms with Crippen LogP contribution in [0.2, 0.25) is 0 Å². The van der Waals surface area contributed by atoms with E-state index >= 15 is 0 Å². The van der Waals surface area contributed by atoms with Crippen molar-refractivity contribution < 1.29 is 28.6 Å². The summed E-state index contributed by atoms with van der Waals surface area (Å²) in [7, 11) is 1.53. The van der Waals surface area contributed by atoms with Crippen molar-refractivity contribution in [1.82, 2.24) is 5.06 Å². The van der Waals surface area contributed by atoms with Crippen LogP contribution in [0.1, 0.15) is 26.3 Å². The molecule has 2 aromatic carbocycles. The predicted molar refractivity (Wildman–Crippen MR) is 127 cm³/mol. The SMILES string of the molecule is CON1C=C(N(C(=C2C(=O)OC(C)(C)OC2=O)N2c3ccccc3CC2C)c2ccccc2)OC1. The van der Waals surface area contributed by atoms with Crippen LogP contribution in [-0.2, 0) is 35.1 Å². The molecule has 1 unspecified atom stereocenters. The first-order valence-corrected chi connectivity index (χ1v) is 11.4. The fourth-order valence-electron chi connectivity index (χ4n) is 4.55. The number of nitrogens with zero attached hydrogens (tertiary/aromatic N) is 3. The van der Waals surface area contributed by atoms with Crippen molar-refractivity contribution in [3.05, 3.63) is 83.6 Å². The van der Waals surface area contributed by atoms with Crippen molar-refractivity contribution in [1.29, 1.82) is 0 Å². The molecule has 35 heavy (non-hydrogen) atoms. The van der Waals surface area contributed by atoms with E-state index in [4.69, 9.17) is 19.0 Å². The zero-order valence-electron chi connectivity index (χ0n) is 20.1. The summed E-state index contributed by atoms with van der Waals surface area (Å²) < 4.78 is 17.0. The maximum absolute atomic E-state index is 13.4. The number of hydrogen-bond donors (Lipinski definition) is 0. The van der Waals surface area contributed by atoms with Crippen LogP contribution in [0, 0.1) is 0 Å². The maximum atomic E-state index is 13.4. The van der Waals surface area contributed by atoms with Crippen molar-refractivity contribution in [2.45, 2.75) is 39.0 Å². The number of carbonyl (C=O) groups is 2. The van der Waals surface area contributed by atoms with E-state index in [-0.39, 0.29) is 18.3 Å². The Morgan fingerprint density at radius 2 is 1.69 bits per heavy atom. The molecular weight excluding hydrogens is 450 g/mol. The third kappa shape index (κ3) is 4.08. The minimum absolute atomic E-state index is 0.0721. The van der Waals surface area contributed by atoms with Gasteiger partial charge in [0.15, 0.2) is 12.3 Å². The monoisotopic (exact) mass is 477 g/mol. The van der Waals surface area contributed by atoms with Crippen LogP contribution in [0.3, 0.4) is 0 Å². The van der Waals surface area contributed by atoms with Crippen LogP contribution < -0.4 is 9.80 Å². The molecule has 0 amide bonds. The lowest BCUT2D eigenvalue weighted by molar-refractivity contribution is -0.222. The Balaban J connectivity index is 1.78. The highest BCUT2D eigenvalue weighted by atomic mass is 16.7. The predicted octanol–water partition coefficient (Wildman–Crippen LogP) is 3.64. The van der Waals surface area contributed by atoms with Gasteiger partial charge in [0.2, 0.25) is 5.88 Å². The molecule has 0 N–H and O–H groups in total. The normalized spacial score (nSPS) is 20.6. The molecular formula is C26H27N3O6. The highest BCUT2D eigenvalue weighted by Crippen LogP contribution is 2.42. The number of hydroxylamine groups is 2. The summed E-state index contributed by atoms with van der Waals surface area (Å²) in [5.74, 6) is -2.22. The van der Waals surface area contributed by atoms with Gasteiger partial charge in [0, 0.05) is 25.6 Å². The minimum atomic E-state index is -1.37. The smallest absolute Gasteiger partial charge is 0.352 e. The fourth-order valence-corrected chi connectivity index (χ4v) is 4.55. The zero-order valence-corrected chi connectivity index (χ0v) is 20.1. The largest absolute Gasteiger partial charge is 0.454 e. The maximum Gasteiger partial charge on any atom is 0.352 e. The third-order valence-corrected chi connectivity index (χ3v) is 6.02. The number of benzene rings is 2. The molecule has 5 rings (SSSR count). The first-order chi connectivity index (χ1) is 16.8. The first-order valence-electron chi connectivity index (χ1n) is 11.4. The van der Waals surface area contributed by atoms with Crippen molar-refractivity contribution in [3.8, 4) is 0 Å². The van der Waals surface area contributed by atoms with Crippen LogP contribution >= 0.6 is 0 Å². The average molecular weight is 478 g/mol. The lowest BCUT2D eigenvalue weighted by Crippen LogP contribution is -2.47. The molecule has 0 aromatic heterocycles. The molecule has 3 heterocycles. The third-order valence-electron chi connectivity index (χ3n) is 6.02. The van der Waals surface area contributed by atoms with Gasteiger partial charge >= 0.3 is 11.9 Å². The van der Waals surface area contributed by atoms with Crippen LogP contribution in [0.5, 0.6) is 0 Å². The average Bonchev–Trinajstić information content (AvgIpc) is 3.41. The minimum Gasteiger partial charge on any atom is -0.454 e. The van der Waals surface area contributed by atoms with Gasteiger partial charge in [0.05, 0.1) is 19.0 Å². The number of para-hydroxylation sites is 2. The number of carbonyl (C=O) groups excluding carboxylic acids is 2. The van der Waals surface area contributed by atoms with E-state index < -0.39 is 17.7 Å². The number of esters is 2. The van der Waals surface area contributed by atoms with E-state index in [2.05, 4.69) is 0 Å². The fraction of sp³-hybridized carbons (Fsp3) is 0.308. The second-order valence-electron chi connectivity index (χ2n) is 8.94. The van der Waals surface area contributed by atoms with Crippen LogP contribution in [0.25, 0.3) is 0 Å². The summed E-state index contributed by atoms with van der Waals surface area (Å²) in [6, 6.07) is 17.2. The standard InChI is InChI=1S/C26H27N3O6/c1-17-14-18-10-8-9-13-20(18)28(17)23(22-24(30)34-26(2,3)35-25(22)31)29(19-11-6-5-7-12-19)21-15-27(32-4)16-33-21/h5-13,15,17H,14,16H2,1-4H3. The molecule has 0 saturated carbocycles. The van der Waals surface area contributed by atoms with Gasteiger partial charge in [-0.1, -0.05) is 36.4 Å². The molecule has 1 fully saturated rings. The van der Waals surface area contributed by atoms with Gasteiger partial charge in [0.25, 0.3) is 5.79 Å². The van der Waals surface area contributed by atoms with Gasteiger partial charge in [-0.2, -0.15) is 0 Å². The summed E-state index contributed by atoms with van der Waals surface area (Å²) in [6.07, 6.45) is 2.40. The molecule has 9 heteroatoms. The topological polar surface area (TPSA) is 80.8 Å². The van der Waals surface area contributed by atoms with Crippen molar-refractivity contribution >= 4 is 23.3 Å². The van der Waals surface area contributed by atoms with Crippen molar-refractivity contribution in [2.24, 2.45) is 0 Å². The Morgan fingerprint density at radius 3 is 2.34 bits per heavy atom. The molecule has 0 radical (unpaired) electrons. The summed E-state index contributed by atoms with van der Waals surface area (Å²) in [4.78, 5) is 35.8. The summed E-state index contributed by atoms with van der Waals surface area (Å²) in [5, 5.41) is 1.51. The number of hydrogen-bond acceptors (Lipinski definition) is 9. The van der Waals surface area contributed by atoms with E-state index in [1.54, 1.807) is 11.1 Å². The molecule has 1 atom stereocenters. The van der Waals surface area contributed by atoms with Gasteiger partial charge in [-0.05, 0) is 37.1 Å². The summed E-state index contributed by atoms with van der Waals surface area (Å²) in [6.45, 7) is 5.24. The van der Waals surface area contributed by atoms with Gasteiger partial charge in [0.1, 0.15) is 5.82 Å². The van der Waals surface area contributed by atoms with Gasteiger partial charge in [-0.3, -0.25) is 9.74 Å². The highest BCUT2D eigenvalue weighted by molar-refractivity contribution is 6.17. The molecule has 9 nitrogen and oxygen atoms in total. The summed E-state index contributed by atoms with van der Waals surface area (Å²) >= 11 is 0. The highest BCUT2D eigenvalue weighted by Gasteiger charge is 2.46. The summed E-state index contributed by atoms with van der Waals surface area (Å²) in [5.41, 5.74) is 2.46. The lowest BCUT2D eigenvalue weighted by atomic mass is 10.1. The number of rotatable bonds is 5. The van der Waals surface area contributed by atoms with Gasteiger partial charge in [-0.15, -0.1) is 0 Å². The molecule has 2 aromatic rings. The second kappa shape index (κ2) is 8.66. The van der Waals surface area contributed by atoms with E-state index in [0.29, 0.717) is 17.4 Å². The number of cyclic esters (lactones) is 2. The Hall–Kier alpha value is -3.98. The molecule has 0 aliphatic carbocycles. The van der Waals surface area contributed by atoms with Gasteiger partial charge < -0.3 is 19.1 Å². The van der Waals surface area contributed by atoms with Crippen LogP contribution in [0.15, 0.2) is 78.1 Å². The number of anilines is 2.